The molecule has 0 radical (unpaired) electrons. The number of phenolic OH excluding ortho intramolecular Hbond substituents is 1. The van der Waals surface area contributed by atoms with Crippen molar-refractivity contribution >= 4 is 64.0 Å². The molecular formula is C21H23Cl2N5O6S. The molecule has 1 aromatic heterocycles. The Morgan fingerprint density at radius 2 is 2.03 bits per heavy atom. The summed E-state index contributed by atoms with van der Waals surface area (Å²) in [6.07, 6.45) is -1.09. The average Bonchev–Trinajstić information content (AvgIpc) is 3.15. The fourth-order valence-corrected chi connectivity index (χ4v) is 4.62. The van der Waals surface area contributed by atoms with E-state index < -0.39 is 48.6 Å². The van der Waals surface area contributed by atoms with Gasteiger partial charge in [0.1, 0.15) is 5.75 Å². The molecule has 1 aliphatic heterocycles. The van der Waals surface area contributed by atoms with Gasteiger partial charge in [0.05, 0.1) is 47.2 Å². The second-order valence-corrected chi connectivity index (χ2v) is 9.76. The molecule has 0 fully saturated rings. The number of rotatable bonds is 8. The van der Waals surface area contributed by atoms with Crippen LogP contribution in [0.15, 0.2) is 23.2 Å². The fourth-order valence-electron chi connectivity index (χ4n) is 3.22. The number of aryl methyl sites for hydroxylation is 1. The summed E-state index contributed by atoms with van der Waals surface area (Å²) in [5, 5.41) is 40.0. The van der Waals surface area contributed by atoms with E-state index in [9.17, 15) is 29.7 Å². The van der Waals surface area contributed by atoms with Crippen LogP contribution in [0.4, 0.5) is 5.69 Å². The van der Waals surface area contributed by atoms with E-state index in [1.54, 1.807) is 6.07 Å². The lowest BCUT2D eigenvalue weighted by molar-refractivity contribution is -0.137. The predicted octanol–water partition coefficient (Wildman–Crippen LogP) is 1.86. The minimum atomic E-state index is -1.23. The molecule has 14 heteroatoms. The number of benzene rings is 1. The summed E-state index contributed by atoms with van der Waals surface area (Å²) in [4.78, 5) is 41.7. The molecule has 1 aromatic carbocycles. The van der Waals surface area contributed by atoms with Gasteiger partial charge in [-0.2, -0.15) is 0 Å². The maximum absolute atomic E-state index is 12.6. The number of carboxylic acids is 1. The quantitative estimate of drug-likeness (QED) is 0.264. The lowest BCUT2D eigenvalue weighted by Crippen LogP contribution is -2.42. The van der Waals surface area contributed by atoms with Crippen LogP contribution in [0, 0.1) is 6.92 Å². The number of carbonyl (C=O) groups excluding carboxylic acids is 2. The van der Waals surface area contributed by atoms with Gasteiger partial charge in [-0.3, -0.25) is 19.4 Å². The van der Waals surface area contributed by atoms with Crippen molar-refractivity contribution in [1.82, 2.24) is 16.0 Å². The van der Waals surface area contributed by atoms with Gasteiger partial charge in [0.25, 0.3) is 5.91 Å². The summed E-state index contributed by atoms with van der Waals surface area (Å²) >= 11 is 13.1. The Morgan fingerprint density at radius 3 is 2.69 bits per heavy atom. The monoisotopic (exact) mass is 543 g/mol. The molecule has 0 aliphatic carbocycles. The number of halogens is 2. The van der Waals surface area contributed by atoms with Gasteiger partial charge in [-0.25, -0.2) is 0 Å². The number of thiophene rings is 1. The summed E-state index contributed by atoms with van der Waals surface area (Å²) in [6, 6.07) is 3.08. The standard InChI is InChI=1S/C21H23Cl2N5O6S/c1-9-14(28-21-25-6-11(29)7-26-21)4-16(35-9)20(34)24-8-17(30)27-15(5-18(31)32)12-2-10(22)3-13(23)19(12)33/h2-4,11,15,29,33H,5-8H2,1H3,(H,24,34)(H,27,30)(H,31,32)(H2,25,26,28). The van der Waals surface area contributed by atoms with Crippen molar-refractivity contribution in [3.63, 3.8) is 0 Å². The topological polar surface area (TPSA) is 172 Å². The lowest BCUT2D eigenvalue weighted by atomic mass is 10.0. The molecule has 0 spiro atoms. The van der Waals surface area contributed by atoms with Crippen LogP contribution < -0.4 is 21.3 Å². The average molecular weight is 544 g/mol. The number of phenols is 1. The van der Waals surface area contributed by atoms with Crippen LogP contribution in [0.2, 0.25) is 10.0 Å². The summed E-state index contributed by atoms with van der Waals surface area (Å²) in [7, 11) is 0. The highest BCUT2D eigenvalue weighted by atomic mass is 35.5. The van der Waals surface area contributed by atoms with Crippen molar-refractivity contribution in [3.05, 3.63) is 43.6 Å². The van der Waals surface area contributed by atoms with Gasteiger partial charge >= 0.3 is 5.97 Å². The first-order valence-electron chi connectivity index (χ1n) is 10.3. The zero-order chi connectivity index (χ0) is 25.7. The smallest absolute Gasteiger partial charge is 0.305 e. The van der Waals surface area contributed by atoms with E-state index in [4.69, 9.17) is 23.2 Å². The van der Waals surface area contributed by atoms with Crippen LogP contribution in [-0.2, 0) is 9.59 Å². The normalized spacial score (nSPS) is 16.0. The van der Waals surface area contributed by atoms with E-state index in [0.717, 1.165) is 4.88 Å². The van der Waals surface area contributed by atoms with E-state index in [0.29, 0.717) is 23.1 Å². The zero-order valence-electron chi connectivity index (χ0n) is 18.4. The summed E-state index contributed by atoms with van der Waals surface area (Å²) < 4.78 is 0. The van der Waals surface area contributed by atoms with Gasteiger partial charge in [-0.15, -0.1) is 11.3 Å². The first-order valence-corrected chi connectivity index (χ1v) is 11.9. The summed E-state index contributed by atoms with van der Waals surface area (Å²) in [5.41, 5.74) is 0.697. The summed E-state index contributed by atoms with van der Waals surface area (Å²) in [6.45, 7) is 2.01. The third-order valence-corrected chi connectivity index (χ3v) is 6.47. The van der Waals surface area contributed by atoms with E-state index >= 15 is 0 Å². The molecular weight excluding hydrogens is 521 g/mol. The second kappa shape index (κ2) is 11.6. The summed E-state index contributed by atoms with van der Waals surface area (Å²) in [5.74, 6) is -2.32. The number of guanidine groups is 1. The van der Waals surface area contributed by atoms with E-state index in [1.807, 2.05) is 6.92 Å². The molecule has 0 saturated carbocycles. The molecule has 2 aromatic rings. The van der Waals surface area contributed by atoms with Crippen LogP contribution in [0.5, 0.6) is 5.75 Å². The highest BCUT2D eigenvalue weighted by Gasteiger charge is 2.24. The Morgan fingerprint density at radius 1 is 1.29 bits per heavy atom. The van der Waals surface area contributed by atoms with Crippen LogP contribution in [-0.4, -0.2) is 64.8 Å². The maximum Gasteiger partial charge on any atom is 0.305 e. The Kier molecular flexibility index (Phi) is 8.78. The molecule has 2 amide bonds. The van der Waals surface area contributed by atoms with Gasteiger partial charge in [0.2, 0.25) is 5.91 Å². The number of carbonyl (C=O) groups is 3. The number of carboxylic acid groups (broad SMARTS) is 1. The molecule has 2 heterocycles. The number of β-amino-alcohol motifs (C(OH)–C–C–N with tert-alkyl or cyclic N) is 1. The van der Waals surface area contributed by atoms with Gasteiger partial charge in [-0.1, -0.05) is 23.2 Å². The first-order chi connectivity index (χ1) is 16.5. The number of nitrogens with zero attached hydrogens (tertiary/aromatic N) is 1. The molecule has 35 heavy (non-hydrogen) atoms. The second-order valence-electron chi connectivity index (χ2n) is 7.66. The number of amides is 2. The number of aliphatic carboxylic acids is 1. The molecule has 3 rings (SSSR count). The SMILES string of the molecule is Cc1sc(C(=O)NCC(=O)NC(CC(=O)O)c2cc(Cl)cc(Cl)c2O)cc1NC1=NCC(O)CN1. The molecule has 188 valence electrons. The predicted molar refractivity (Wildman–Crippen MR) is 133 cm³/mol. The molecule has 7 N–H and O–H groups in total. The van der Waals surface area contributed by atoms with Crippen molar-refractivity contribution in [3.8, 4) is 5.75 Å². The number of aromatic hydroxyl groups is 1. The van der Waals surface area contributed by atoms with Crippen LogP contribution >= 0.6 is 34.5 Å². The van der Waals surface area contributed by atoms with Crippen LogP contribution in [0.3, 0.4) is 0 Å². The first kappa shape index (κ1) is 26.5. The highest BCUT2D eigenvalue weighted by Crippen LogP contribution is 2.36. The van der Waals surface area contributed by atoms with Crippen molar-refractivity contribution < 1.29 is 29.7 Å². The fraction of sp³-hybridized carbons (Fsp3) is 0.333. The number of hydrogen-bond donors (Lipinski definition) is 7. The maximum atomic E-state index is 12.6. The lowest BCUT2D eigenvalue weighted by Gasteiger charge is -2.19. The molecule has 1 aliphatic rings. The van der Waals surface area contributed by atoms with Gasteiger partial charge in [0.15, 0.2) is 5.96 Å². The van der Waals surface area contributed by atoms with Crippen molar-refractivity contribution in [2.24, 2.45) is 4.99 Å². The number of aliphatic imine (C=N–C) groups is 1. The largest absolute Gasteiger partial charge is 0.506 e. The van der Waals surface area contributed by atoms with Gasteiger partial charge in [0, 0.05) is 22.0 Å². The third kappa shape index (κ3) is 7.21. The number of anilines is 1. The Labute approximate surface area is 214 Å². The minimum absolute atomic E-state index is 0.0425. The minimum Gasteiger partial charge on any atom is -0.506 e. The highest BCUT2D eigenvalue weighted by molar-refractivity contribution is 7.14. The number of hydrogen-bond acceptors (Lipinski definition) is 9. The Bertz CT molecular complexity index is 1170. The molecule has 0 saturated heterocycles. The number of aliphatic hydroxyl groups excluding tert-OH is 1. The third-order valence-electron chi connectivity index (χ3n) is 4.92. The number of nitrogens with one attached hydrogen (secondary N) is 4. The van der Waals surface area contributed by atoms with Crippen LogP contribution in [0.25, 0.3) is 0 Å². The van der Waals surface area contributed by atoms with E-state index in [1.165, 1.54) is 23.5 Å². The van der Waals surface area contributed by atoms with E-state index in [2.05, 4.69) is 26.3 Å². The molecule has 2 unspecified atom stereocenters. The van der Waals surface area contributed by atoms with Crippen molar-refractivity contribution in [2.45, 2.75) is 25.5 Å². The zero-order valence-corrected chi connectivity index (χ0v) is 20.7. The van der Waals surface area contributed by atoms with Gasteiger partial charge < -0.3 is 36.6 Å². The number of aliphatic hydroxyl groups is 1. The Balaban J connectivity index is 1.62. The molecule has 11 nitrogen and oxygen atoms in total. The molecule has 2 atom stereocenters. The van der Waals surface area contributed by atoms with Crippen molar-refractivity contribution in [2.75, 3.05) is 25.0 Å². The van der Waals surface area contributed by atoms with Crippen molar-refractivity contribution in [1.29, 1.82) is 0 Å². The Hall–Kier alpha value is -3.06. The molecule has 0 bridgehead atoms. The van der Waals surface area contributed by atoms with Crippen LogP contribution in [0.1, 0.15) is 32.6 Å². The van der Waals surface area contributed by atoms with Gasteiger partial charge in [-0.05, 0) is 25.1 Å². The van der Waals surface area contributed by atoms with E-state index in [-0.39, 0.29) is 22.2 Å².